The zero-order valence-electron chi connectivity index (χ0n) is 11.0. The van der Waals surface area contributed by atoms with Gasteiger partial charge in [-0.3, -0.25) is 4.79 Å². The fourth-order valence-corrected chi connectivity index (χ4v) is 3.50. The van der Waals surface area contributed by atoms with Crippen molar-refractivity contribution in [1.82, 2.24) is 4.90 Å². The second-order valence-corrected chi connectivity index (χ2v) is 5.30. The van der Waals surface area contributed by atoms with Crippen molar-refractivity contribution in [1.29, 1.82) is 0 Å². The number of methoxy groups -OCH3 is 1. The minimum absolute atomic E-state index is 0.0500. The second-order valence-electron chi connectivity index (χ2n) is 5.30. The molecule has 2 saturated heterocycles. The summed E-state index contributed by atoms with van der Waals surface area (Å²) in [5.74, 6) is -0.317. The van der Waals surface area contributed by atoms with Crippen molar-refractivity contribution in [3.63, 3.8) is 0 Å². The van der Waals surface area contributed by atoms with E-state index in [9.17, 15) is 9.59 Å². The van der Waals surface area contributed by atoms with Gasteiger partial charge < -0.3 is 9.64 Å². The van der Waals surface area contributed by atoms with Crippen molar-refractivity contribution in [2.24, 2.45) is 0 Å². The summed E-state index contributed by atoms with van der Waals surface area (Å²) >= 11 is 0. The molecule has 100 valence electrons. The van der Waals surface area contributed by atoms with Crippen LogP contribution < -0.4 is 0 Å². The van der Waals surface area contributed by atoms with Crippen LogP contribution in [0.4, 0.5) is 0 Å². The molecule has 4 heteroatoms. The Bertz CT molecular complexity index is 503. The van der Waals surface area contributed by atoms with E-state index in [1.807, 2.05) is 18.2 Å². The largest absolute Gasteiger partial charge is 0.467 e. The summed E-state index contributed by atoms with van der Waals surface area (Å²) in [6.45, 7) is 0. The molecule has 0 atom stereocenters. The average molecular weight is 259 g/mol. The van der Waals surface area contributed by atoms with Gasteiger partial charge in [0.1, 0.15) is 5.54 Å². The Labute approximate surface area is 112 Å². The van der Waals surface area contributed by atoms with E-state index in [0.717, 1.165) is 25.7 Å². The number of esters is 1. The number of rotatable bonds is 2. The SMILES string of the molecule is COC(=O)C12CCC(CC1)N2C(=O)c1ccccc1. The Kier molecular flexibility index (Phi) is 2.81. The highest BCUT2D eigenvalue weighted by atomic mass is 16.5. The highest BCUT2D eigenvalue weighted by Gasteiger charge is 2.59. The number of hydrogen-bond donors (Lipinski definition) is 0. The minimum Gasteiger partial charge on any atom is -0.467 e. The van der Waals surface area contributed by atoms with E-state index in [2.05, 4.69) is 0 Å². The molecule has 1 aromatic rings. The zero-order valence-corrected chi connectivity index (χ0v) is 11.0. The molecular weight excluding hydrogens is 242 g/mol. The molecule has 0 aromatic heterocycles. The van der Waals surface area contributed by atoms with Gasteiger partial charge >= 0.3 is 5.97 Å². The van der Waals surface area contributed by atoms with Gasteiger partial charge in [0, 0.05) is 11.6 Å². The van der Waals surface area contributed by atoms with Crippen molar-refractivity contribution in [2.45, 2.75) is 37.3 Å². The summed E-state index contributed by atoms with van der Waals surface area (Å²) in [6.07, 6.45) is 3.24. The summed E-state index contributed by atoms with van der Waals surface area (Å²) in [6, 6.07) is 9.35. The fraction of sp³-hybridized carbons (Fsp3) is 0.467. The smallest absolute Gasteiger partial charge is 0.331 e. The third kappa shape index (κ3) is 1.66. The lowest BCUT2D eigenvalue weighted by atomic mass is 9.88. The van der Waals surface area contributed by atoms with Crippen molar-refractivity contribution in [3.8, 4) is 0 Å². The van der Waals surface area contributed by atoms with Crippen LogP contribution >= 0.6 is 0 Å². The number of hydrogen-bond acceptors (Lipinski definition) is 3. The summed E-state index contributed by atoms with van der Waals surface area (Å²) in [7, 11) is 1.40. The molecule has 1 amide bonds. The first-order valence-electron chi connectivity index (χ1n) is 6.66. The van der Waals surface area contributed by atoms with Gasteiger partial charge in [0.25, 0.3) is 5.91 Å². The molecule has 2 bridgehead atoms. The number of ether oxygens (including phenoxy) is 1. The molecule has 2 aliphatic rings. The van der Waals surface area contributed by atoms with Gasteiger partial charge in [-0.2, -0.15) is 0 Å². The molecule has 2 heterocycles. The number of benzene rings is 1. The molecule has 1 aromatic carbocycles. The number of carbonyl (C=O) groups is 2. The summed E-state index contributed by atoms with van der Waals surface area (Å²) < 4.78 is 4.94. The molecule has 0 aliphatic carbocycles. The van der Waals surface area contributed by atoms with E-state index >= 15 is 0 Å². The Morgan fingerprint density at radius 3 is 2.42 bits per heavy atom. The molecule has 3 rings (SSSR count). The molecule has 0 saturated carbocycles. The number of fused-ring (bicyclic) bond motifs is 2. The Morgan fingerprint density at radius 1 is 1.21 bits per heavy atom. The summed E-state index contributed by atoms with van der Waals surface area (Å²) in [5, 5.41) is 0. The standard InChI is InChI=1S/C15H17NO3/c1-19-14(18)15-9-7-12(8-10-15)16(15)13(17)11-5-3-2-4-6-11/h2-6,12H,7-10H2,1H3. The predicted molar refractivity (Wildman–Crippen MR) is 69.6 cm³/mol. The molecule has 2 aliphatic heterocycles. The van der Waals surface area contributed by atoms with E-state index in [0.29, 0.717) is 5.56 Å². The van der Waals surface area contributed by atoms with Gasteiger partial charge in [-0.15, -0.1) is 0 Å². The van der Waals surface area contributed by atoms with E-state index in [-0.39, 0.29) is 17.9 Å². The van der Waals surface area contributed by atoms with Crippen LogP contribution in [-0.2, 0) is 9.53 Å². The maximum Gasteiger partial charge on any atom is 0.331 e. The van der Waals surface area contributed by atoms with Crippen molar-refractivity contribution in [3.05, 3.63) is 35.9 Å². The third-order valence-electron chi connectivity index (χ3n) is 4.41. The molecule has 0 N–H and O–H groups in total. The number of carbonyl (C=O) groups excluding carboxylic acids is 2. The third-order valence-corrected chi connectivity index (χ3v) is 4.41. The minimum atomic E-state index is -0.716. The van der Waals surface area contributed by atoms with Crippen LogP contribution in [0.15, 0.2) is 30.3 Å². The van der Waals surface area contributed by atoms with Crippen LogP contribution in [0.25, 0.3) is 0 Å². The lowest BCUT2D eigenvalue weighted by Gasteiger charge is -2.32. The number of amides is 1. The molecular formula is C15H17NO3. The molecule has 0 spiro atoms. The first-order valence-corrected chi connectivity index (χ1v) is 6.66. The van der Waals surface area contributed by atoms with Gasteiger partial charge in [0.05, 0.1) is 7.11 Å². The maximum atomic E-state index is 12.7. The molecule has 19 heavy (non-hydrogen) atoms. The average Bonchev–Trinajstić information content (AvgIpc) is 3.03. The predicted octanol–water partition coefficient (Wildman–Crippen LogP) is 2.00. The summed E-state index contributed by atoms with van der Waals surface area (Å²) in [4.78, 5) is 26.5. The second kappa shape index (κ2) is 4.37. The van der Waals surface area contributed by atoms with E-state index < -0.39 is 5.54 Å². The quantitative estimate of drug-likeness (QED) is 0.763. The Hall–Kier alpha value is -1.84. The highest BCUT2D eigenvalue weighted by Crippen LogP contribution is 2.47. The zero-order chi connectivity index (χ0) is 13.5. The summed E-state index contributed by atoms with van der Waals surface area (Å²) in [5.41, 5.74) is -0.0728. The van der Waals surface area contributed by atoms with Crippen LogP contribution in [0.1, 0.15) is 36.0 Å². The van der Waals surface area contributed by atoms with Gasteiger partial charge in [0.15, 0.2) is 0 Å². The van der Waals surface area contributed by atoms with Crippen molar-refractivity contribution < 1.29 is 14.3 Å². The topological polar surface area (TPSA) is 46.6 Å². The highest BCUT2D eigenvalue weighted by molar-refractivity contribution is 5.99. The lowest BCUT2D eigenvalue weighted by Crippen LogP contribution is -2.51. The molecule has 0 unspecified atom stereocenters. The van der Waals surface area contributed by atoms with Gasteiger partial charge in [0.2, 0.25) is 0 Å². The van der Waals surface area contributed by atoms with Crippen LogP contribution in [-0.4, -0.2) is 35.5 Å². The van der Waals surface area contributed by atoms with Gasteiger partial charge in [-0.05, 0) is 37.8 Å². The van der Waals surface area contributed by atoms with Gasteiger partial charge in [-0.25, -0.2) is 4.79 Å². The van der Waals surface area contributed by atoms with E-state index in [1.54, 1.807) is 17.0 Å². The van der Waals surface area contributed by atoms with Crippen LogP contribution in [0, 0.1) is 0 Å². The van der Waals surface area contributed by atoms with Crippen LogP contribution in [0.2, 0.25) is 0 Å². The van der Waals surface area contributed by atoms with Crippen LogP contribution in [0.5, 0.6) is 0 Å². The Balaban J connectivity index is 1.96. The monoisotopic (exact) mass is 259 g/mol. The first-order chi connectivity index (χ1) is 9.19. The normalized spacial score (nSPS) is 28.5. The first kappa shape index (κ1) is 12.2. The lowest BCUT2D eigenvalue weighted by molar-refractivity contribution is -0.151. The van der Waals surface area contributed by atoms with E-state index in [1.165, 1.54) is 7.11 Å². The van der Waals surface area contributed by atoms with Crippen molar-refractivity contribution >= 4 is 11.9 Å². The maximum absolute atomic E-state index is 12.7. The van der Waals surface area contributed by atoms with Crippen molar-refractivity contribution in [2.75, 3.05) is 7.11 Å². The van der Waals surface area contributed by atoms with Crippen LogP contribution in [0.3, 0.4) is 0 Å². The number of nitrogens with zero attached hydrogens (tertiary/aromatic N) is 1. The van der Waals surface area contributed by atoms with E-state index in [4.69, 9.17) is 4.74 Å². The molecule has 4 nitrogen and oxygen atoms in total. The fourth-order valence-electron chi connectivity index (χ4n) is 3.50. The van der Waals surface area contributed by atoms with Gasteiger partial charge in [-0.1, -0.05) is 18.2 Å². The Morgan fingerprint density at radius 2 is 1.84 bits per heavy atom. The molecule has 2 fully saturated rings. The molecule has 0 radical (unpaired) electrons.